The molecule has 0 rings (SSSR count). The Hall–Kier alpha value is 1.52. The van der Waals surface area contributed by atoms with Gasteiger partial charge in [-0.15, -0.1) is 0 Å². The van der Waals surface area contributed by atoms with E-state index in [9.17, 15) is 0 Å². The van der Waals surface area contributed by atoms with E-state index in [-0.39, 0.29) is 58.2 Å². The molecule has 0 N–H and O–H groups in total. The summed E-state index contributed by atoms with van der Waals surface area (Å²) in [6.45, 7) is 0. The molecule has 0 spiro atoms. The normalized spacial score (nSPS) is 0. The summed E-state index contributed by atoms with van der Waals surface area (Å²) >= 11 is 0. The van der Waals surface area contributed by atoms with Crippen LogP contribution in [0, 0.1) is 0 Å². The van der Waals surface area contributed by atoms with Crippen LogP contribution < -0.4 is 0 Å². The second kappa shape index (κ2) is 24.3. The summed E-state index contributed by atoms with van der Waals surface area (Å²) in [6.07, 6.45) is 0. The fraction of sp³-hybridized carbons (Fsp3) is 0. The van der Waals surface area contributed by atoms with Gasteiger partial charge in [0.05, 0.1) is 0 Å². The molecule has 0 amide bonds. The Morgan fingerprint density at radius 2 is 1.00 bits per heavy atom. The van der Waals surface area contributed by atoms with E-state index in [1.54, 1.807) is 0 Å². The van der Waals surface area contributed by atoms with E-state index in [4.69, 9.17) is 0 Å². The molecule has 18 valence electrons. The van der Waals surface area contributed by atoms with Crippen molar-refractivity contribution < 1.29 is 38.8 Å². The molecule has 0 atom stereocenters. The van der Waals surface area contributed by atoms with Gasteiger partial charge in [0, 0.05) is 58.2 Å². The third kappa shape index (κ3) is 9.69. The molecule has 0 saturated carbocycles. The van der Waals surface area contributed by atoms with Gasteiger partial charge in [0.2, 0.25) is 0 Å². The predicted molar refractivity (Wildman–Crippen MR) is 11.5 cm³/mol. The molecule has 8 radical (unpaired) electrons. The molecule has 4 heavy (non-hydrogen) atoms. The third-order valence-corrected chi connectivity index (χ3v) is 0. The van der Waals surface area contributed by atoms with Gasteiger partial charge < -0.3 is 0 Å². The molecule has 0 aromatic heterocycles. The number of hydrogen-bond acceptors (Lipinski definition) is 0. The van der Waals surface area contributed by atoms with E-state index in [0.717, 1.165) is 0 Å². The topological polar surface area (TPSA) is 0 Å². The molecule has 0 bridgehead atoms. The fourth-order valence-electron chi connectivity index (χ4n) is 0. The standard InChI is InChI=1S/B.Mn.Si.Ti. The van der Waals surface area contributed by atoms with Gasteiger partial charge in [0.15, 0.2) is 0 Å². The Kier molecular flexibility index (Phi) is 297. The second-order valence-electron chi connectivity index (χ2n) is 0. The fourth-order valence-corrected chi connectivity index (χ4v) is 0. The van der Waals surface area contributed by atoms with E-state index < -0.39 is 0 Å². The molecule has 0 aromatic rings. The smallest absolute Gasteiger partial charge is 0 e. The Balaban J connectivity index is 0. The van der Waals surface area contributed by atoms with Crippen molar-refractivity contribution >= 4 is 19.4 Å². The van der Waals surface area contributed by atoms with Crippen LogP contribution in [-0.2, 0) is 38.8 Å². The van der Waals surface area contributed by atoms with Crippen molar-refractivity contribution in [2.45, 2.75) is 0 Å². The minimum atomic E-state index is 0. The Bertz CT molecular complexity index is 8.00. The monoisotopic (exact) mass is 142 g/mol. The summed E-state index contributed by atoms with van der Waals surface area (Å²) in [6, 6.07) is 0. The first kappa shape index (κ1) is 49.0. The van der Waals surface area contributed by atoms with Crippen molar-refractivity contribution in [2.75, 3.05) is 0 Å². The SMILES string of the molecule is [B].[Mn].[Si].[Ti]. The van der Waals surface area contributed by atoms with Crippen molar-refractivity contribution in [3.8, 4) is 0 Å². The Morgan fingerprint density at radius 1 is 1.00 bits per heavy atom. The molecule has 0 aromatic carbocycles. The second-order valence-corrected chi connectivity index (χ2v) is 0. The van der Waals surface area contributed by atoms with Crippen LogP contribution in [-0.4, -0.2) is 19.4 Å². The van der Waals surface area contributed by atoms with E-state index >= 15 is 0 Å². The van der Waals surface area contributed by atoms with Gasteiger partial charge in [-0.2, -0.15) is 0 Å². The molecular formula is BMnSiTi. The molecule has 0 heterocycles. The number of hydrogen-bond donors (Lipinski definition) is 0. The maximum absolute atomic E-state index is 0. The van der Waals surface area contributed by atoms with Crippen LogP contribution in [0.5, 0.6) is 0 Å². The molecule has 0 unspecified atom stereocenters. The van der Waals surface area contributed by atoms with E-state index in [1.807, 2.05) is 0 Å². The maximum atomic E-state index is 0. The van der Waals surface area contributed by atoms with E-state index in [1.165, 1.54) is 0 Å². The van der Waals surface area contributed by atoms with Gasteiger partial charge in [-0.1, -0.05) is 0 Å². The quantitative estimate of drug-likeness (QED) is 0.389. The van der Waals surface area contributed by atoms with Crippen LogP contribution in [0.25, 0.3) is 0 Å². The van der Waals surface area contributed by atoms with Crippen molar-refractivity contribution in [3.63, 3.8) is 0 Å². The molecule has 4 heteroatoms. The minimum absolute atomic E-state index is 0. The van der Waals surface area contributed by atoms with Gasteiger partial charge in [0.25, 0.3) is 0 Å². The van der Waals surface area contributed by atoms with Crippen molar-refractivity contribution in [3.05, 3.63) is 0 Å². The molecule has 0 fully saturated rings. The average molecular weight is 142 g/mol. The van der Waals surface area contributed by atoms with Gasteiger partial charge in [-0.25, -0.2) is 0 Å². The summed E-state index contributed by atoms with van der Waals surface area (Å²) in [5, 5.41) is 0. The van der Waals surface area contributed by atoms with Crippen molar-refractivity contribution in [1.82, 2.24) is 0 Å². The summed E-state index contributed by atoms with van der Waals surface area (Å²) in [4.78, 5) is 0. The Morgan fingerprint density at radius 3 is 1.00 bits per heavy atom. The van der Waals surface area contributed by atoms with Crippen LogP contribution in [0.3, 0.4) is 0 Å². The van der Waals surface area contributed by atoms with Crippen LogP contribution in [0.4, 0.5) is 0 Å². The van der Waals surface area contributed by atoms with Gasteiger partial charge in [0.1, 0.15) is 0 Å². The Labute approximate surface area is 58.1 Å². The summed E-state index contributed by atoms with van der Waals surface area (Å²) in [5.41, 5.74) is 0. The van der Waals surface area contributed by atoms with Gasteiger partial charge in [-0.3, -0.25) is 0 Å². The zero-order chi connectivity index (χ0) is 0. The first-order valence-electron chi connectivity index (χ1n) is 0. The third-order valence-electron chi connectivity index (χ3n) is 0. The zero-order valence-electron chi connectivity index (χ0n) is 1.96. The van der Waals surface area contributed by atoms with Crippen LogP contribution in [0.1, 0.15) is 0 Å². The van der Waals surface area contributed by atoms with Gasteiger partial charge >= 0.3 is 0 Å². The maximum Gasteiger partial charge on any atom is 0 e. The first-order chi connectivity index (χ1) is 0. The molecule has 0 aliphatic rings. The number of rotatable bonds is 0. The summed E-state index contributed by atoms with van der Waals surface area (Å²) in [7, 11) is 0. The predicted octanol–water partition coefficient (Wildman–Crippen LogP) is -0.767. The first-order valence-corrected chi connectivity index (χ1v) is 0. The van der Waals surface area contributed by atoms with E-state index in [0.29, 0.717) is 0 Å². The molecule has 0 aliphatic carbocycles. The van der Waals surface area contributed by atoms with Crippen LogP contribution in [0.2, 0.25) is 0 Å². The van der Waals surface area contributed by atoms with Gasteiger partial charge in [-0.05, 0) is 0 Å². The molecule has 0 saturated heterocycles. The van der Waals surface area contributed by atoms with Crippen LogP contribution in [0.15, 0.2) is 0 Å². The molecule has 0 nitrogen and oxygen atoms in total. The summed E-state index contributed by atoms with van der Waals surface area (Å²) in [5.74, 6) is 0. The zero-order valence-corrected chi connectivity index (χ0v) is 5.70. The van der Waals surface area contributed by atoms with Crippen molar-refractivity contribution in [2.24, 2.45) is 0 Å². The molecular weight excluding hydrogens is 142 g/mol. The summed E-state index contributed by atoms with van der Waals surface area (Å²) < 4.78 is 0. The largest absolute Gasteiger partial charge is 0 e. The minimum Gasteiger partial charge on any atom is 0 e. The van der Waals surface area contributed by atoms with Crippen molar-refractivity contribution in [1.29, 1.82) is 0 Å². The molecule has 0 aliphatic heterocycles. The van der Waals surface area contributed by atoms with Crippen LogP contribution >= 0.6 is 0 Å². The van der Waals surface area contributed by atoms with E-state index in [2.05, 4.69) is 0 Å². The average Bonchev–Trinajstić information content (AvgIpc) is 0.